The summed E-state index contributed by atoms with van der Waals surface area (Å²) in [4.78, 5) is 23.2. The number of aryl methyl sites for hydroxylation is 1. The Balaban J connectivity index is 2.52. The fourth-order valence-corrected chi connectivity index (χ4v) is 1.53. The molecule has 2 amide bonds. The van der Waals surface area contributed by atoms with Crippen LogP contribution in [0.2, 0.25) is 0 Å². The first kappa shape index (κ1) is 15.0. The number of nitrogen functional groups attached to an aromatic ring is 1. The van der Waals surface area contributed by atoms with Gasteiger partial charge in [-0.25, -0.2) is 0 Å². The molecule has 0 heterocycles. The van der Waals surface area contributed by atoms with Crippen LogP contribution in [0, 0.1) is 12.8 Å². The van der Waals surface area contributed by atoms with Gasteiger partial charge in [-0.3, -0.25) is 9.59 Å². The molecular formula is C14H21N3O2. The molecule has 0 saturated carbocycles. The zero-order valence-corrected chi connectivity index (χ0v) is 11.6. The van der Waals surface area contributed by atoms with Gasteiger partial charge in [-0.1, -0.05) is 19.9 Å². The van der Waals surface area contributed by atoms with Crippen molar-refractivity contribution in [1.82, 2.24) is 5.32 Å². The third kappa shape index (κ3) is 4.99. The summed E-state index contributed by atoms with van der Waals surface area (Å²) in [5.41, 5.74) is 7.66. The van der Waals surface area contributed by atoms with E-state index in [0.717, 1.165) is 12.0 Å². The van der Waals surface area contributed by atoms with Crippen molar-refractivity contribution in [2.75, 3.05) is 17.6 Å². The Hall–Kier alpha value is -2.04. The molecule has 104 valence electrons. The fraction of sp³-hybridized carbons (Fsp3) is 0.429. The largest absolute Gasteiger partial charge is 0.397 e. The predicted octanol–water partition coefficient (Wildman–Crippen LogP) is 1.68. The van der Waals surface area contributed by atoms with Gasteiger partial charge < -0.3 is 16.4 Å². The first-order valence-corrected chi connectivity index (χ1v) is 6.35. The summed E-state index contributed by atoms with van der Waals surface area (Å²) in [6.45, 7) is 6.51. The van der Waals surface area contributed by atoms with Gasteiger partial charge in [0.1, 0.15) is 0 Å². The number of hydrogen-bond acceptors (Lipinski definition) is 3. The van der Waals surface area contributed by atoms with E-state index in [4.69, 9.17) is 5.73 Å². The smallest absolute Gasteiger partial charge is 0.313 e. The Kier molecular flexibility index (Phi) is 5.36. The van der Waals surface area contributed by atoms with Crippen LogP contribution < -0.4 is 16.4 Å². The molecule has 0 radical (unpaired) electrons. The SMILES string of the molecule is Cc1ccc(NC(=O)C(=O)NCCC(C)C)c(N)c1. The van der Waals surface area contributed by atoms with Crippen molar-refractivity contribution in [2.45, 2.75) is 27.2 Å². The number of nitrogens with one attached hydrogen (secondary N) is 2. The van der Waals surface area contributed by atoms with Crippen molar-refractivity contribution in [3.05, 3.63) is 23.8 Å². The van der Waals surface area contributed by atoms with E-state index < -0.39 is 11.8 Å². The van der Waals surface area contributed by atoms with Gasteiger partial charge in [-0.05, 0) is 37.0 Å². The highest BCUT2D eigenvalue weighted by Crippen LogP contribution is 2.19. The maximum Gasteiger partial charge on any atom is 0.313 e. The summed E-state index contributed by atoms with van der Waals surface area (Å²) >= 11 is 0. The number of amides is 2. The Bertz CT molecular complexity index is 470. The highest BCUT2D eigenvalue weighted by Gasteiger charge is 2.14. The van der Waals surface area contributed by atoms with Crippen molar-refractivity contribution in [3.8, 4) is 0 Å². The van der Waals surface area contributed by atoms with E-state index in [0.29, 0.717) is 23.8 Å². The molecule has 0 fully saturated rings. The number of rotatable bonds is 4. The van der Waals surface area contributed by atoms with Gasteiger partial charge in [0.25, 0.3) is 0 Å². The number of anilines is 2. The lowest BCUT2D eigenvalue weighted by Crippen LogP contribution is -2.36. The van der Waals surface area contributed by atoms with E-state index in [-0.39, 0.29) is 0 Å². The first-order valence-electron chi connectivity index (χ1n) is 6.35. The van der Waals surface area contributed by atoms with Crippen molar-refractivity contribution in [2.24, 2.45) is 5.92 Å². The lowest BCUT2D eigenvalue weighted by Gasteiger charge is -2.09. The van der Waals surface area contributed by atoms with Crippen LogP contribution in [0.25, 0.3) is 0 Å². The highest BCUT2D eigenvalue weighted by atomic mass is 16.2. The van der Waals surface area contributed by atoms with Gasteiger partial charge in [0.2, 0.25) is 0 Å². The second-order valence-electron chi connectivity index (χ2n) is 4.98. The molecule has 0 spiro atoms. The summed E-state index contributed by atoms with van der Waals surface area (Å²) in [7, 11) is 0. The van der Waals surface area contributed by atoms with Crippen molar-refractivity contribution in [1.29, 1.82) is 0 Å². The summed E-state index contributed by atoms with van der Waals surface area (Å²) < 4.78 is 0. The van der Waals surface area contributed by atoms with Gasteiger partial charge in [0, 0.05) is 6.54 Å². The molecule has 5 heteroatoms. The van der Waals surface area contributed by atoms with Gasteiger partial charge in [0.05, 0.1) is 11.4 Å². The highest BCUT2D eigenvalue weighted by molar-refractivity contribution is 6.39. The maximum absolute atomic E-state index is 11.6. The normalized spacial score (nSPS) is 10.3. The third-order valence-electron chi connectivity index (χ3n) is 2.67. The van der Waals surface area contributed by atoms with Gasteiger partial charge in [0.15, 0.2) is 0 Å². The fourth-order valence-electron chi connectivity index (χ4n) is 1.53. The molecule has 1 aromatic rings. The third-order valence-corrected chi connectivity index (χ3v) is 2.67. The number of carbonyl (C=O) groups excluding carboxylic acids is 2. The molecule has 0 aliphatic rings. The Morgan fingerprint density at radius 2 is 1.95 bits per heavy atom. The van der Waals surface area contributed by atoms with Crippen LogP contribution in [-0.4, -0.2) is 18.4 Å². The molecular weight excluding hydrogens is 242 g/mol. The van der Waals surface area contributed by atoms with E-state index in [1.54, 1.807) is 12.1 Å². The van der Waals surface area contributed by atoms with E-state index in [1.165, 1.54) is 0 Å². The molecule has 5 nitrogen and oxygen atoms in total. The van der Waals surface area contributed by atoms with Crippen LogP contribution in [0.1, 0.15) is 25.8 Å². The van der Waals surface area contributed by atoms with Gasteiger partial charge >= 0.3 is 11.8 Å². The van der Waals surface area contributed by atoms with E-state index in [9.17, 15) is 9.59 Å². The molecule has 0 aromatic heterocycles. The second-order valence-corrected chi connectivity index (χ2v) is 4.98. The Morgan fingerprint density at radius 3 is 2.53 bits per heavy atom. The molecule has 0 atom stereocenters. The van der Waals surface area contributed by atoms with Crippen LogP contribution >= 0.6 is 0 Å². The number of hydrogen-bond donors (Lipinski definition) is 3. The van der Waals surface area contributed by atoms with Crippen LogP contribution in [0.5, 0.6) is 0 Å². The van der Waals surface area contributed by atoms with Crippen molar-refractivity contribution >= 4 is 23.2 Å². The van der Waals surface area contributed by atoms with Gasteiger partial charge in [-0.2, -0.15) is 0 Å². The number of carbonyl (C=O) groups is 2. The number of nitrogens with two attached hydrogens (primary N) is 1. The van der Waals surface area contributed by atoms with Crippen LogP contribution in [0.3, 0.4) is 0 Å². The summed E-state index contributed by atoms with van der Waals surface area (Å²) in [6, 6.07) is 5.25. The minimum absolute atomic E-state index is 0.448. The molecule has 4 N–H and O–H groups in total. The molecule has 0 bridgehead atoms. The summed E-state index contributed by atoms with van der Waals surface area (Å²) in [5, 5.41) is 5.07. The summed E-state index contributed by atoms with van der Waals surface area (Å²) in [6.07, 6.45) is 0.839. The van der Waals surface area contributed by atoms with Crippen molar-refractivity contribution < 1.29 is 9.59 Å². The van der Waals surface area contributed by atoms with E-state index in [1.807, 2.05) is 13.0 Å². The Labute approximate surface area is 113 Å². The minimum Gasteiger partial charge on any atom is -0.397 e. The average Bonchev–Trinajstić information content (AvgIpc) is 2.32. The van der Waals surface area contributed by atoms with Crippen LogP contribution in [0.4, 0.5) is 11.4 Å². The molecule has 0 aliphatic carbocycles. The minimum atomic E-state index is -0.695. The predicted molar refractivity (Wildman–Crippen MR) is 76.7 cm³/mol. The standard InChI is InChI=1S/C14H21N3O2/c1-9(2)6-7-16-13(18)14(19)17-12-5-4-10(3)8-11(12)15/h4-5,8-9H,6-7,15H2,1-3H3,(H,16,18)(H,17,19). The van der Waals surface area contributed by atoms with Crippen LogP contribution in [0.15, 0.2) is 18.2 Å². The van der Waals surface area contributed by atoms with Gasteiger partial charge in [-0.15, -0.1) is 0 Å². The maximum atomic E-state index is 11.6. The molecule has 0 aliphatic heterocycles. The quantitative estimate of drug-likeness (QED) is 0.571. The van der Waals surface area contributed by atoms with E-state index >= 15 is 0 Å². The number of benzene rings is 1. The summed E-state index contributed by atoms with van der Waals surface area (Å²) in [5.74, 6) is -0.851. The second kappa shape index (κ2) is 6.78. The lowest BCUT2D eigenvalue weighted by atomic mass is 10.1. The van der Waals surface area contributed by atoms with Crippen LogP contribution in [-0.2, 0) is 9.59 Å². The topological polar surface area (TPSA) is 84.2 Å². The molecule has 1 rings (SSSR count). The van der Waals surface area contributed by atoms with E-state index in [2.05, 4.69) is 24.5 Å². The Morgan fingerprint density at radius 1 is 1.26 bits per heavy atom. The average molecular weight is 263 g/mol. The monoisotopic (exact) mass is 263 g/mol. The molecule has 0 saturated heterocycles. The van der Waals surface area contributed by atoms with Crippen molar-refractivity contribution in [3.63, 3.8) is 0 Å². The zero-order chi connectivity index (χ0) is 14.4. The first-order chi connectivity index (χ1) is 8.90. The molecule has 19 heavy (non-hydrogen) atoms. The molecule has 1 aromatic carbocycles. The lowest BCUT2D eigenvalue weighted by molar-refractivity contribution is -0.136. The zero-order valence-electron chi connectivity index (χ0n) is 11.6. The molecule has 0 unspecified atom stereocenters.